The molecule has 17 heavy (non-hydrogen) atoms. The lowest BCUT2D eigenvalue weighted by molar-refractivity contribution is 0.0388. The van der Waals surface area contributed by atoms with Crippen molar-refractivity contribution >= 4 is 0 Å². The summed E-state index contributed by atoms with van der Waals surface area (Å²) in [5, 5.41) is 0. The lowest BCUT2D eigenvalue weighted by Gasteiger charge is -2.30. The van der Waals surface area contributed by atoms with E-state index in [-0.39, 0.29) is 6.04 Å². The van der Waals surface area contributed by atoms with E-state index in [9.17, 15) is 0 Å². The van der Waals surface area contributed by atoms with Crippen LogP contribution < -0.4 is 11.3 Å². The molecule has 0 aromatic carbocycles. The van der Waals surface area contributed by atoms with Crippen LogP contribution in [0.25, 0.3) is 0 Å². The number of ether oxygens (including phenoxy) is 1. The number of aryl methyl sites for hydroxylation is 2. The van der Waals surface area contributed by atoms with Crippen LogP contribution in [-0.4, -0.2) is 18.2 Å². The van der Waals surface area contributed by atoms with Gasteiger partial charge in [-0.3, -0.25) is 16.3 Å². The largest absolute Gasteiger partial charge is 0.381 e. The molecule has 1 aromatic heterocycles. The molecule has 2 unspecified atom stereocenters. The average molecular weight is 235 g/mol. The predicted octanol–water partition coefficient (Wildman–Crippen LogP) is 1.63. The van der Waals surface area contributed by atoms with Gasteiger partial charge >= 0.3 is 0 Å². The zero-order valence-corrected chi connectivity index (χ0v) is 10.6. The molecule has 1 aliphatic heterocycles. The first-order valence-corrected chi connectivity index (χ1v) is 6.20. The van der Waals surface area contributed by atoms with Gasteiger partial charge in [-0.15, -0.1) is 0 Å². The van der Waals surface area contributed by atoms with Gasteiger partial charge < -0.3 is 4.74 Å². The van der Waals surface area contributed by atoms with E-state index in [1.54, 1.807) is 0 Å². The molecule has 1 saturated heterocycles. The molecule has 0 bridgehead atoms. The molecule has 94 valence electrons. The second kappa shape index (κ2) is 5.58. The number of aromatic nitrogens is 1. The van der Waals surface area contributed by atoms with Crippen molar-refractivity contribution in [2.75, 3.05) is 13.2 Å². The minimum Gasteiger partial charge on any atom is -0.381 e. The van der Waals surface area contributed by atoms with Crippen molar-refractivity contribution in [3.8, 4) is 0 Å². The fourth-order valence-corrected chi connectivity index (χ4v) is 2.53. The monoisotopic (exact) mass is 235 g/mol. The summed E-state index contributed by atoms with van der Waals surface area (Å²) in [5.41, 5.74) is 6.21. The summed E-state index contributed by atoms with van der Waals surface area (Å²) in [6.45, 7) is 5.70. The minimum atomic E-state index is 0.142. The molecule has 4 heteroatoms. The van der Waals surface area contributed by atoms with Crippen LogP contribution >= 0.6 is 0 Å². The third-order valence-corrected chi connectivity index (χ3v) is 3.45. The van der Waals surface area contributed by atoms with E-state index in [0.29, 0.717) is 5.92 Å². The Bertz CT molecular complexity index is 375. The molecule has 0 saturated carbocycles. The molecule has 0 radical (unpaired) electrons. The van der Waals surface area contributed by atoms with Crippen molar-refractivity contribution < 1.29 is 4.74 Å². The second-order valence-corrected chi connectivity index (χ2v) is 4.75. The first-order chi connectivity index (χ1) is 8.22. The second-order valence-electron chi connectivity index (χ2n) is 4.75. The van der Waals surface area contributed by atoms with Crippen molar-refractivity contribution in [2.45, 2.75) is 32.7 Å². The van der Waals surface area contributed by atoms with E-state index >= 15 is 0 Å². The average Bonchev–Trinajstić information content (AvgIpc) is 2.34. The number of hydrazine groups is 1. The van der Waals surface area contributed by atoms with E-state index in [1.807, 2.05) is 19.9 Å². The number of hydrogen-bond donors (Lipinski definition) is 2. The molecule has 2 heterocycles. The standard InChI is InChI=1S/C13H21N3O/c1-9-5-6-12(10(2)15-9)13(16-14)11-4-3-7-17-8-11/h5-6,11,13,16H,3-4,7-8,14H2,1-2H3. The highest BCUT2D eigenvalue weighted by molar-refractivity contribution is 5.25. The molecule has 4 nitrogen and oxygen atoms in total. The van der Waals surface area contributed by atoms with Crippen LogP contribution in [0, 0.1) is 19.8 Å². The quantitative estimate of drug-likeness (QED) is 0.617. The highest BCUT2D eigenvalue weighted by atomic mass is 16.5. The van der Waals surface area contributed by atoms with Crippen molar-refractivity contribution in [1.29, 1.82) is 0 Å². The Labute approximate surface area is 103 Å². The van der Waals surface area contributed by atoms with E-state index in [2.05, 4.69) is 16.5 Å². The summed E-state index contributed by atoms with van der Waals surface area (Å²) in [6, 6.07) is 4.30. The molecular weight excluding hydrogens is 214 g/mol. The first-order valence-electron chi connectivity index (χ1n) is 6.20. The summed E-state index contributed by atoms with van der Waals surface area (Å²) in [4.78, 5) is 4.50. The number of rotatable bonds is 3. The third-order valence-electron chi connectivity index (χ3n) is 3.45. The maximum absolute atomic E-state index is 5.71. The number of pyridine rings is 1. The van der Waals surface area contributed by atoms with E-state index < -0.39 is 0 Å². The van der Waals surface area contributed by atoms with Gasteiger partial charge in [0.25, 0.3) is 0 Å². The molecule has 1 fully saturated rings. The molecule has 2 atom stereocenters. The summed E-state index contributed by atoms with van der Waals surface area (Å²) in [6.07, 6.45) is 2.27. The fraction of sp³-hybridized carbons (Fsp3) is 0.615. The van der Waals surface area contributed by atoms with Crippen LogP contribution in [-0.2, 0) is 4.74 Å². The maximum atomic E-state index is 5.71. The van der Waals surface area contributed by atoms with Crippen LogP contribution in [0.5, 0.6) is 0 Å². The van der Waals surface area contributed by atoms with Crippen molar-refractivity contribution in [3.05, 3.63) is 29.1 Å². The Morgan fingerprint density at radius 3 is 2.88 bits per heavy atom. The molecule has 0 aliphatic carbocycles. The van der Waals surface area contributed by atoms with Crippen LogP contribution in [0.1, 0.15) is 35.8 Å². The maximum Gasteiger partial charge on any atom is 0.0528 e. The van der Waals surface area contributed by atoms with Crippen molar-refractivity contribution in [1.82, 2.24) is 10.4 Å². The Morgan fingerprint density at radius 1 is 1.47 bits per heavy atom. The molecular formula is C13H21N3O. The first kappa shape index (κ1) is 12.5. The summed E-state index contributed by atoms with van der Waals surface area (Å²) < 4.78 is 5.53. The van der Waals surface area contributed by atoms with Crippen LogP contribution in [0.2, 0.25) is 0 Å². The van der Waals surface area contributed by atoms with Gasteiger partial charge in [0.15, 0.2) is 0 Å². The Kier molecular flexibility index (Phi) is 4.10. The SMILES string of the molecule is Cc1ccc(C(NN)C2CCCOC2)c(C)n1. The third kappa shape index (κ3) is 2.83. The molecule has 2 rings (SSSR count). The lowest BCUT2D eigenvalue weighted by Crippen LogP contribution is -2.37. The number of nitrogens with zero attached hydrogens (tertiary/aromatic N) is 1. The van der Waals surface area contributed by atoms with Crippen molar-refractivity contribution in [3.63, 3.8) is 0 Å². The number of nitrogens with two attached hydrogens (primary N) is 1. The van der Waals surface area contributed by atoms with Crippen LogP contribution in [0.4, 0.5) is 0 Å². The Hall–Kier alpha value is -0.970. The van der Waals surface area contributed by atoms with Gasteiger partial charge in [0.1, 0.15) is 0 Å². The Balaban J connectivity index is 2.21. The van der Waals surface area contributed by atoms with Crippen LogP contribution in [0.3, 0.4) is 0 Å². The van der Waals surface area contributed by atoms with Crippen molar-refractivity contribution in [2.24, 2.45) is 11.8 Å². The highest BCUT2D eigenvalue weighted by Crippen LogP contribution is 2.29. The molecule has 1 aliphatic rings. The summed E-state index contributed by atoms with van der Waals surface area (Å²) in [7, 11) is 0. The van der Waals surface area contributed by atoms with Gasteiger partial charge in [-0.25, -0.2) is 0 Å². The Morgan fingerprint density at radius 2 is 2.29 bits per heavy atom. The highest BCUT2D eigenvalue weighted by Gasteiger charge is 2.26. The van der Waals surface area contributed by atoms with Gasteiger partial charge in [-0.1, -0.05) is 6.07 Å². The lowest BCUT2D eigenvalue weighted by atomic mass is 9.88. The molecule has 0 amide bonds. The summed E-state index contributed by atoms with van der Waals surface area (Å²) in [5.74, 6) is 6.15. The smallest absolute Gasteiger partial charge is 0.0528 e. The van der Waals surface area contributed by atoms with Crippen LogP contribution in [0.15, 0.2) is 12.1 Å². The minimum absolute atomic E-state index is 0.142. The van der Waals surface area contributed by atoms with Gasteiger partial charge in [0, 0.05) is 23.9 Å². The van der Waals surface area contributed by atoms with E-state index in [4.69, 9.17) is 10.6 Å². The topological polar surface area (TPSA) is 60.2 Å². The summed E-state index contributed by atoms with van der Waals surface area (Å²) >= 11 is 0. The fourth-order valence-electron chi connectivity index (χ4n) is 2.53. The zero-order chi connectivity index (χ0) is 12.3. The molecule has 0 spiro atoms. The van der Waals surface area contributed by atoms with Gasteiger partial charge in [0.05, 0.1) is 12.6 Å². The van der Waals surface area contributed by atoms with Gasteiger partial charge in [-0.2, -0.15) is 0 Å². The number of hydrogen-bond acceptors (Lipinski definition) is 4. The zero-order valence-electron chi connectivity index (χ0n) is 10.6. The molecule has 1 aromatic rings. The van der Waals surface area contributed by atoms with E-state index in [1.165, 1.54) is 5.56 Å². The van der Waals surface area contributed by atoms with Gasteiger partial charge in [-0.05, 0) is 38.3 Å². The number of nitrogens with one attached hydrogen (secondary N) is 1. The normalized spacial score (nSPS) is 22.4. The van der Waals surface area contributed by atoms with Gasteiger partial charge in [0.2, 0.25) is 0 Å². The van der Waals surface area contributed by atoms with E-state index in [0.717, 1.165) is 37.4 Å². The predicted molar refractivity (Wildman–Crippen MR) is 67.3 cm³/mol. The molecule has 3 N–H and O–H groups in total.